The standard InChI is InChI=1S/C32H38ClNO2/c1-31(2,3)25-13-11-24(12-14-25)30(35)10-7-21-34-22-19-28(20-23-34)32(36,26-8-5-4-6-9-26)27-15-17-29(33)18-16-27/h4-6,8-9,11-18,28,36H,7,10,19-23H2,1-3H3. The molecule has 1 saturated heterocycles. The van der Waals surface area contributed by atoms with Crippen molar-refractivity contribution in [3.8, 4) is 0 Å². The number of halogens is 1. The average Bonchev–Trinajstić information content (AvgIpc) is 2.89. The molecule has 3 aromatic carbocycles. The second-order valence-electron chi connectivity index (χ2n) is 11.1. The van der Waals surface area contributed by atoms with Crippen molar-refractivity contribution in [3.05, 3.63) is 106 Å². The quantitative estimate of drug-likeness (QED) is 0.329. The Balaban J connectivity index is 1.34. The molecular weight excluding hydrogens is 466 g/mol. The van der Waals surface area contributed by atoms with E-state index in [1.54, 1.807) is 0 Å². The maximum atomic E-state index is 12.7. The van der Waals surface area contributed by atoms with Gasteiger partial charge in [-0.1, -0.05) is 99.1 Å². The highest BCUT2D eigenvalue weighted by molar-refractivity contribution is 6.30. The largest absolute Gasteiger partial charge is 0.380 e. The van der Waals surface area contributed by atoms with Gasteiger partial charge in [0.2, 0.25) is 0 Å². The van der Waals surface area contributed by atoms with Crippen molar-refractivity contribution in [3.63, 3.8) is 0 Å². The number of ketones is 1. The van der Waals surface area contributed by atoms with Crippen LogP contribution in [-0.4, -0.2) is 35.4 Å². The van der Waals surface area contributed by atoms with Crippen LogP contribution in [0.25, 0.3) is 0 Å². The fraction of sp³-hybridized carbons (Fsp3) is 0.406. The molecule has 0 saturated carbocycles. The van der Waals surface area contributed by atoms with E-state index < -0.39 is 5.60 Å². The number of rotatable bonds is 8. The van der Waals surface area contributed by atoms with E-state index in [1.807, 2.05) is 66.7 Å². The molecule has 1 unspecified atom stereocenters. The lowest BCUT2D eigenvalue weighted by atomic mass is 9.72. The minimum atomic E-state index is -1.05. The average molecular weight is 504 g/mol. The number of carbonyl (C=O) groups excluding carboxylic acids is 1. The second kappa shape index (κ2) is 11.3. The smallest absolute Gasteiger partial charge is 0.162 e. The van der Waals surface area contributed by atoms with Gasteiger partial charge in [-0.2, -0.15) is 0 Å². The molecule has 3 nitrogen and oxygen atoms in total. The number of hydrogen-bond acceptors (Lipinski definition) is 3. The summed E-state index contributed by atoms with van der Waals surface area (Å²) in [7, 11) is 0. The van der Waals surface area contributed by atoms with Gasteiger partial charge in [0.25, 0.3) is 0 Å². The van der Waals surface area contributed by atoms with Crippen molar-refractivity contribution in [2.24, 2.45) is 5.92 Å². The normalized spacial score (nSPS) is 17.0. The first-order chi connectivity index (χ1) is 17.2. The number of piperidine rings is 1. The van der Waals surface area contributed by atoms with Crippen LogP contribution in [0.5, 0.6) is 0 Å². The molecule has 0 aromatic heterocycles. The Kier molecular flexibility index (Phi) is 8.34. The summed E-state index contributed by atoms with van der Waals surface area (Å²) < 4.78 is 0. The molecule has 1 aliphatic heterocycles. The monoisotopic (exact) mass is 503 g/mol. The maximum Gasteiger partial charge on any atom is 0.162 e. The number of carbonyl (C=O) groups is 1. The van der Waals surface area contributed by atoms with E-state index in [0.717, 1.165) is 55.6 Å². The van der Waals surface area contributed by atoms with Crippen molar-refractivity contribution in [2.75, 3.05) is 19.6 Å². The molecule has 3 aromatic rings. The summed E-state index contributed by atoms with van der Waals surface area (Å²) in [6.07, 6.45) is 3.21. The van der Waals surface area contributed by atoms with Gasteiger partial charge in [-0.3, -0.25) is 4.79 Å². The fourth-order valence-electron chi connectivity index (χ4n) is 5.37. The lowest BCUT2D eigenvalue weighted by Crippen LogP contribution is -2.44. The Hall–Kier alpha value is -2.46. The molecule has 0 amide bonds. The van der Waals surface area contributed by atoms with Crippen LogP contribution in [0.4, 0.5) is 0 Å². The summed E-state index contributed by atoms with van der Waals surface area (Å²) in [6.45, 7) is 9.29. The molecule has 4 heteroatoms. The van der Waals surface area contributed by atoms with Crippen molar-refractivity contribution in [1.82, 2.24) is 4.90 Å². The Morgan fingerprint density at radius 3 is 2.00 bits per heavy atom. The van der Waals surface area contributed by atoms with Gasteiger partial charge in [0.1, 0.15) is 5.60 Å². The lowest BCUT2D eigenvalue weighted by Gasteiger charge is -2.42. The predicted molar refractivity (Wildman–Crippen MR) is 149 cm³/mol. The topological polar surface area (TPSA) is 40.5 Å². The Labute approximate surface area is 221 Å². The Morgan fingerprint density at radius 1 is 0.861 bits per heavy atom. The van der Waals surface area contributed by atoms with Crippen LogP contribution < -0.4 is 0 Å². The molecule has 1 fully saturated rings. The van der Waals surface area contributed by atoms with E-state index in [4.69, 9.17) is 11.6 Å². The SMILES string of the molecule is CC(C)(C)c1ccc(C(=O)CCCN2CCC(C(O)(c3ccccc3)c3ccc(Cl)cc3)CC2)cc1. The molecule has 0 aliphatic carbocycles. The number of benzene rings is 3. The molecular formula is C32H38ClNO2. The van der Waals surface area contributed by atoms with Crippen LogP contribution in [0.3, 0.4) is 0 Å². The molecule has 1 heterocycles. The summed E-state index contributed by atoms with van der Waals surface area (Å²) in [6, 6.07) is 25.7. The molecule has 1 aliphatic rings. The van der Waals surface area contributed by atoms with Crippen LogP contribution in [0.2, 0.25) is 5.02 Å². The minimum Gasteiger partial charge on any atom is -0.380 e. The summed E-state index contributed by atoms with van der Waals surface area (Å²) in [5.41, 5.74) is 2.91. The Bertz CT molecular complexity index is 1130. The minimum absolute atomic E-state index is 0.0912. The van der Waals surface area contributed by atoms with Gasteiger partial charge in [0, 0.05) is 17.0 Å². The van der Waals surface area contributed by atoms with Crippen LogP contribution in [-0.2, 0) is 11.0 Å². The zero-order valence-electron chi connectivity index (χ0n) is 21.7. The third kappa shape index (κ3) is 6.08. The van der Waals surface area contributed by atoms with E-state index in [9.17, 15) is 9.90 Å². The molecule has 1 atom stereocenters. The van der Waals surface area contributed by atoms with Crippen molar-refractivity contribution in [2.45, 2.75) is 57.5 Å². The zero-order chi connectivity index (χ0) is 25.8. The van der Waals surface area contributed by atoms with Crippen LogP contribution >= 0.6 is 11.6 Å². The van der Waals surface area contributed by atoms with Gasteiger partial charge in [-0.15, -0.1) is 0 Å². The first-order valence-electron chi connectivity index (χ1n) is 13.1. The summed E-state index contributed by atoms with van der Waals surface area (Å²) in [4.78, 5) is 15.1. The van der Waals surface area contributed by atoms with E-state index in [0.29, 0.717) is 11.4 Å². The first-order valence-corrected chi connectivity index (χ1v) is 13.5. The third-order valence-electron chi connectivity index (χ3n) is 7.63. The van der Waals surface area contributed by atoms with E-state index in [-0.39, 0.29) is 17.1 Å². The number of nitrogens with zero attached hydrogens (tertiary/aromatic N) is 1. The molecule has 0 spiro atoms. The number of aliphatic hydroxyl groups is 1. The molecule has 0 bridgehead atoms. The van der Waals surface area contributed by atoms with Crippen LogP contribution in [0.1, 0.15) is 73.5 Å². The Morgan fingerprint density at radius 2 is 1.42 bits per heavy atom. The van der Waals surface area contributed by atoms with Crippen LogP contribution in [0, 0.1) is 5.92 Å². The number of Topliss-reactive ketones (excluding diaryl/α,β-unsaturated/α-hetero) is 1. The van der Waals surface area contributed by atoms with Gasteiger partial charge < -0.3 is 10.0 Å². The third-order valence-corrected chi connectivity index (χ3v) is 7.88. The highest BCUT2D eigenvalue weighted by atomic mass is 35.5. The van der Waals surface area contributed by atoms with Gasteiger partial charge in [-0.25, -0.2) is 0 Å². The molecule has 0 radical (unpaired) electrons. The highest BCUT2D eigenvalue weighted by Gasteiger charge is 2.41. The zero-order valence-corrected chi connectivity index (χ0v) is 22.5. The molecule has 1 N–H and O–H groups in total. The van der Waals surface area contributed by atoms with E-state index >= 15 is 0 Å². The summed E-state index contributed by atoms with van der Waals surface area (Å²) >= 11 is 6.13. The number of likely N-dealkylation sites (tertiary alicyclic amines) is 1. The highest BCUT2D eigenvalue weighted by Crippen LogP contribution is 2.42. The van der Waals surface area contributed by atoms with Crippen molar-refractivity contribution in [1.29, 1.82) is 0 Å². The molecule has 4 rings (SSSR count). The van der Waals surface area contributed by atoms with Crippen molar-refractivity contribution >= 4 is 17.4 Å². The van der Waals surface area contributed by atoms with E-state index in [1.165, 1.54) is 5.56 Å². The summed E-state index contributed by atoms with van der Waals surface area (Å²) in [5.74, 6) is 0.326. The number of hydrogen-bond donors (Lipinski definition) is 1. The lowest BCUT2D eigenvalue weighted by molar-refractivity contribution is -0.0142. The molecule has 36 heavy (non-hydrogen) atoms. The fourth-order valence-corrected chi connectivity index (χ4v) is 5.50. The maximum absolute atomic E-state index is 12.7. The summed E-state index contributed by atoms with van der Waals surface area (Å²) in [5, 5.41) is 12.8. The predicted octanol–water partition coefficient (Wildman–Crippen LogP) is 7.25. The van der Waals surface area contributed by atoms with Gasteiger partial charge in [0.05, 0.1) is 0 Å². The van der Waals surface area contributed by atoms with Gasteiger partial charge in [0.15, 0.2) is 5.78 Å². The van der Waals surface area contributed by atoms with Crippen molar-refractivity contribution < 1.29 is 9.90 Å². The first kappa shape index (κ1) is 26.6. The van der Waals surface area contributed by atoms with Gasteiger partial charge >= 0.3 is 0 Å². The van der Waals surface area contributed by atoms with E-state index in [2.05, 4.69) is 37.8 Å². The van der Waals surface area contributed by atoms with Crippen LogP contribution in [0.15, 0.2) is 78.9 Å². The molecule has 190 valence electrons. The second-order valence-corrected chi connectivity index (χ2v) is 11.5. The van der Waals surface area contributed by atoms with Gasteiger partial charge in [-0.05, 0) is 79.1 Å².